The summed E-state index contributed by atoms with van der Waals surface area (Å²) in [5, 5.41) is 13.8. The summed E-state index contributed by atoms with van der Waals surface area (Å²) in [6.07, 6.45) is -3.42. The lowest BCUT2D eigenvalue weighted by atomic mass is 10.0. The van der Waals surface area contributed by atoms with E-state index in [0.717, 1.165) is 10.4 Å². The molecule has 4 rings (SSSR count). The van der Waals surface area contributed by atoms with Crippen molar-refractivity contribution in [3.8, 4) is 0 Å². The molecule has 0 spiro atoms. The number of anilines is 2. The molecule has 11 heteroatoms. The molecule has 0 saturated carbocycles. The van der Waals surface area contributed by atoms with Crippen LogP contribution < -0.4 is 10.6 Å². The van der Waals surface area contributed by atoms with Crippen molar-refractivity contribution in [1.29, 1.82) is 0 Å². The number of aromatic nitrogens is 4. The first-order valence-corrected chi connectivity index (χ1v) is 8.93. The van der Waals surface area contributed by atoms with Crippen LogP contribution in [0, 0.1) is 13.8 Å². The lowest BCUT2D eigenvalue weighted by Crippen LogP contribution is -2.35. The number of rotatable bonds is 3. The third-order valence-corrected chi connectivity index (χ3v) is 5.06. The maximum Gasteiger partial charge on any atom is 0.410 e. The Bertz CT molecular complexity index is 1050. The van der Waals surface area contributed by atoms with E-state index < -0.39 is 24.2 Å². The van der Waals surface area contributed by atoms with E-state index in [2.05, 4.69) is 20.8 Å². The minimum atomic E-state index is -4.53. The van der Waals surface area contributed by atoms with Crippen molar-refractivity contribution >= 4 is 17.4 Å². The van der Waals surface area contributed by atoms with Gasteiger partial charge >= 0.3 is 6.18 Å². The zero-order chi connectivity index (χ0) is 20.9. The molecule has 3 aromatic rings. The summed E-state index contributed by atoms with van der Waals surface area (Å²) < 4.78 is 48.7. The molecule has 0 bridgehead atoms. The van der Waals surface area contributed by atoms with E-state index in [0.29, 0.717) is 17.1 Å². The van der Waals surface area contributed by atoms with Gasteiger partial charge in [0, 0.05) is 19.5 Å². The van der Waals surface area contributed by atoms with Crippen LogP contribution in [0.3, 0.4) is 0 Å². The zero-order valence-electron chi connectivity index (χ0n) is 15.9. The van der Waals surface area contributed by atoms with E-state index in [1.54, 1.807) is 37.7 Å². The molecule has 2 atom stereocenters. The molecule has 154 valence electrons. The second-order valence-corrected chi connectivity index (χ2v) is 6.99. The van der Waals surface area contributed by atoms with E-state index in [9.17, 15) is 18.0 Å². The van der Waals surface area contributed by atoms with Crippen molar-refractivity contribution in [3.63, 3.8) is 0 Å². The second kappa shape index (κ2) is 6.68. The van der Waals surface area contributed by atoms with Gasteiger partial charge in [0.05, 0.1) is 29.4 Å². The Labute approximate surface area is 163 Å². The highest BCUT2D eigenvalue weighted by atomic mass is 19.4. The minimum absolute atomic E-state index is 0.102. The van der Waals surface area contributed by atoms with Gasteiger partial charge in [-0.25, -0.2) is 4.68 Å². The quantitative estimate of drug-likeness (QED) is 0.689. The fourth-order valence-corrected chi connectivity index (χ4v) is 3.49. The molecule has 1 amide bonds. The van der Waals surface area contributed by atoms with E-state index in [1.807, 2.05) is 0 Å². The van der Waals surface area contributed by atoms with Crippen LogP contribution in [0.1, 0.15) is 46.1 Å². The fraction of sp³-hybridized carbons (Fsp3) is 0.389. The molecule has 29 heavy (non-hydrogen) atoms. The molecule has 1 aliphatic rings. The predicted molar refractivity (Wildman–Crippen MR) is 97.6 cm³/mol. The first kappa shape index (κ1) is 19.1. The van der Waals surface area contributed by atoms with Crippen LogP contribution in [-0.2, 0) is 7.05 Å². The molecular weight excluding hydrogens is 389 g/mol. The predicted octanol–water partition coefficient (Wildman–Crippen LogP) is 3.74. The molecule has 4 heterocycles. The number of halogens is 3. The molecule has 8 nitrogen and oxygen atoms in total. The molecule has 0 radical (unpaired) electrons. The van der Waals surface area contributed by atoms with Gasteiger partial charge in [-0.15, -0.1) is 0 Å². The van der Waals surface area contributed by atoms with E-state index in [-0.39, 0.29) is 17.9 Å². The summed E-state index contributed by atoms with van der Waals surface area (Å²) in [6.45, 7) is 3.51. The van der Waals surface area contributed by atoms with Crippen molar-refractivity contribution in [2.45, 2.75) is 38.5 Å². The first-order valence-electron chi connectivity index (χ1n) is 8.93. The van der Waals surface area contributed by atoms with Crippen LogP contribution in [0.4, 0.5) is 24.7 Å². The van der Waals surface area contributed by atoms with Gasteiger partial charge in [-0.1, -0.05) is 0 Å². The Morgan fingerprint density at radius 2 is 2.10 bits per heavy atom. The van der Waals surface area contributed by atoms with Crippen LogP contribution in [-0.4, -0.2) is 31.6 Å². The summed E-state index contributed by atoms with van der Waals surface area (Å²) in [7, 11) is 1.74. The van der Waals surface area contributed by atoms with Crippen LogP contribution >= 0.6 is 0 Å². The third-order valence-electron chi connectivity index (χ3n) is 5.06. The number of carbonyl (C=O) groups excluding carboxylic acids is 1. The number of carbonyl (C=O) groups is 1. The van der Waals surface area contributed by atoms with Crippen molar-refractivity contribution in [2.75, 3.05) is 10.6 Å². The van der Waals surface area contributed by atoms with Crippen molar-refractivity contribution in [2.24, 2.45) is 7.05 Å². The van der Waals surface area contributed by atoms with Gasteiger partial charge in [0.1, 0.15) is 11.6 Å². The Hall–Kier alpha value is -3.24. The van der Waals surface area contributed by atoms with E-state index in [4.69, 9.17) is 4.42 Å². The Morgan fingerprint density at radius 1 is 1.34 bits per heavy atom. The number of nitrogens with zero attached hydrogens (tertiary/aromatic N) is 4. The van der Waals surface area contributed by atoms with E-state index >= 15 is 0 Å². The maximum atomic E-state index is 13.7. The smallest absolute Gasteiger partial charge is 0.410 e. The number of amides is 1. The summed E-state index contributed by atoms with van der Waals surface area (Å²) in [4.78, 5) is 12.7. The molecule has 2 N–H and O–H groups in total. The van der Waals surface area contributed by atoms with Crippen molar-refractivity contribution in [1.82, 2.24) is 19.6 Å². The average molecular weight is 408 g/mol. The zero-order valence-corrected chi connectivity index (χ0v) is 15.9. The Morgan fingerprint density at radius 3 is 2.69 bits per heavy atom. The number of furan rings is 1. The van der Waals surface area contributed by atoms with Gasteiger partial charge < -0.3 is 15.1 Å². The van der Waals surface area contributed by atoms with Crippen LogP contribution in [0.2, 0.25) is 0 Å². The summed E-state index contributed by atoms with van der Waals surface area (Å²) in [5.41, 5.74) is 1.72. The van der Waals surface area contributed by atoms with Crippen LogP contribution in [0.15, 0.2) is 28.9 Å². The number of hydrogen-bond acceptors (Lipinski definition) is 5. The maximum absolute atomic E-state index is 13.7. The first-order chi connectivity index (χ1) is 13.6. The Kier molecular flexibility index (Phi) is 4.39. The third kappa shape index (κ3) is 3.36. The fourth-order valence-electron chi connectivity index (χ4n) is 3.49. The Balaban J connectivity index is 1.66. The van der Waals surface area contributed by atoms with E-state index in [1.165, 1.54) is 12.3 Å². The number of hydrogen-bond donors (Lipinski definition) is 2. The standard InChI is InChI=1S/C18H19F3N6O2/c1-9-16(10(2)26(3)24-9)23-17(28)12-8-15-22-11(13-5-4-6-29-13)7-14(18(19,20)21)27(15)25-12/h4-6,8,11,14,22H,7H2,1-3H3,(H,23,28)/t11-,14-/m1/s1. The van der Waals surface area contributed by atoms with Gasteiger partial charge in [0.15, 0.2) is 11.7 Å². The van der Waals surface area contributed by atoms with Gasteiger partial charge in [0.2, 0.25) is 0 Å². The summed E-state index contributed by atoms with van der Waals surface area (Å²) >= 11 is 0. The average Bonchev–Trinajstić information content (AvgIpc) is 3.36. The van der Waals surface area contributed by atoms with Crippen molar-refractivity contribution in [3.05, 3.63) is 47.3 Å². The SMILES string of the molecule is Cc1nn(C)c(C)c1NC(=O)c1cc2n(n1)[C@@H](C(F)(F)F)C[C@H](c1ccco1)N2. The summed E-state index contributed by atoms with van der Waals surface area (Å²) in [6, 6.07) is 1.98. The minimum Gasteiger partial charge on any atom is -0.467 e. The highest BCUT2D eigenvalue weighted by Gasteiger charge is 2.47. The van der Waals surface area contributed by atoms with Gasteiger partial charge in [-0.05, 0) is 26.0 Å². The molecule has 0 saturated heterocycles. The number of alkyl halides is 3. The molecule has 0 fully saturated rings. The molecule has 3 aromatic heterocycles. The van der Waals surface area contributed by atoms with Crippen LogP contribution in [0.5, 0.6) is 0 Å². The second-order valence-electron chi connectivity index (χ2n) is 6.99. The number of nitrogens with one attached hydrogen (secondary N) is 2. The molecule has 0 aromatic carbocycles. The lowest BCUT2D eigenvalue weighted by molar-refractivity contribution is -0.174. The molecule has 0 aliphatic carbocycles. The van der Waals surface area contributed by atoms with Crippen molar-refractivity contribution < 1.29 is 22.4 Å². The topological polar surface area (TPSA) is 89.9 Å². The number of aryl methyl sites for hydroxylation is 2. The van der Waals surface area contributed by atoms with Gasteiger partial charge in [0.25, 0.3) is 5.91 Å². The highest BCUT2D eigenvalue weighted by Crippen LogP contribution is 2.43. The number of fused-ring (bicyclic) bond motifs is 1. The highest BCUT2D eigenvalue weighted by molar-refractivity contribution is 6.04. The molecule has 1 aliphatic heterocycles. The largest absolute Gasteiger partial charge is 0.467 e. The van der Waals surface area contributed by atoms with Crippen LogP contribution in [0.25, 0.3) is 0 Å². The van der Waals surface area contributed by atoms with Gasteiger partial charge in [-0.2, -0.15) is 23.4 Å². The normalized spacial score (nSPS) is 19.0. The monoisotopic (exact) mass is 408 g/mol. The molecule has 0 unspecified atom stereocenters. The lowest BCUT2D eigenvalue weighted by Gasteiger charge is -2.32. The summed E-state index contributed by atoms with van der Waals surface area (Å²) in [5.74, 6) is -0.118. The van der Waals surface area contributed by atoms with Gasteiger partial charge in [-0.3, -0.25) is 9.48 Å². The molecular formula is C18H19F3N6O2.